The van der Waals surface area contributed by atoms with Gasteiger partial charge >= 0.3 is 0 Å². The quantitative estimate of drug-likeness (QED) is 0.499. The van der Waals surface area contributed by atoms with Crippen LogP contribution in [0.3, 0.4) is 0 Å². The van der Waals surface area contributed by atoms with Gasteiger partial charge in [-0.3, -0.25) is 9.59 Å². The molecule has 0 saturated heterocycles. The lowest BCUT2D eigenvalue weighted by molar-refractivity contribution is -0.123. The number of hydrazone groups is 1. The summed E-state index contributed by atoms with van der Waals surface area (Å²) in [7, 11) is 1.58. The number of methoxy groups -OCH3 is 1. The molecule has 0 atom stereocenters. The first-order valence-electron chi connectivity index (χ1n) is 9.36. The van der Waals surface area contributed by atoms with E-state index in [1.54, 1.807) is 38.3 Å². The maximum Gasteiger partial charge on any atom is 0.277 e. The average Bonchev–Trinajstić information content (AvgIpc) is 2.71. The number of amides is 2. The predicted molar refractivity (Wildman–Crippen MR) is 114 cm³/mol. The molecule has 0 heterocycles. The highest BCUT2D eigenvalue weighted by Gasteiger charge is 2.10. The molecule has 2 N–H and O–H groups in total. The monoisotopic (exact) mass is 397 g/mol. The van der Waals surface area contributed by atoms with Crippen molar-refractivity contribution in [3.63, 3.8) is 0 Å². The minimum atomic E-state index is -0.411. The molecular formula is C22H27N3O4. The summed E-state index contributed by atoms with van der Waals surface area (Å²) in [5.41, 5.74) is 4.74. The first kappa shape index (κ1) is 21.9. The second-order valence-corrected chi connectivity index (χ2v) is 6.81. The standard InChI is InChI=1S/C22H27N3O4/c1-15(2)19-7-5-6-8-20(19)23-21(26)13-16(3)24-25-22(27)14-29-18-11-9-17(28-4)10-12-18/h5-12,15H,13-14H2,1-4H3,(H,23,26)(H,25,27)/b24-16+. The third kappa shape index (κ3) is 7.29. The van der Waals surface area contributed by atoms with Gasteiger partial charge in [-0.1, -0.05) is 32.0 Å². The Labute approximate surface area is 171 Å². The number of carbonyl (C=O) groups is 2. The molecule has 2 rings (SSSR count). The van der Waals surface area contributed by atoms with E-state index in [9.17, 15) is 9.59 Å². The van der Waals surface area contributed by atoms with Crippen molar-refractivity contribution in [3.05, 3.63) is 54.1 Å². The number of ether oxygens (including phenoxy) is 2. The molecule has 154 valence electrons. The number of anilines is 1. The smallest absolute Gasteiger partial charge is 0.277 e. The number of nitrogens with one attached hydrogen (secondary N) is 2. The Morgan fingerprint density at radius 2 is 1.66 bits per heavy atom. The summed E-state index contributed by atoms with van der Waals surface area (Å²) in [5, 5.41) is 6.86. The molecule has 0 radical (unpaired) electrons. The molecule has 2 amide bonds. The van der Waals surface area contributed by atoms with E-state index in [1.807, 2.05) is 24.3 Å². The Kier molecular flexibility index (Phi) is 8.21. The van der Waals surface area contributed by atoms with Crippen molar-refractivity contribution < 1.29 is 19.1 Å². The Morgan fingerprint density at radius 3 is 2.31 bits per heavy atom. The van der Waals surface area contributed by atoms with Crippen molar-refractivity contribution in [2.24, 2.45) is 5.10 Å². The minimum Gasteiger partial charge on any atom is -0.497 e. The molecule has 0 aliphatic carbocycles. The Hall–Kier alpha value is -3.35. The molecule has 0 bridgehead atoms. The van der Waals surface area contributed by atoms with Crippen LogP contribution in [-0.2, 0) is 9.59 Å². The molecule has 0 aromatic heterocycles. The number of hydrogen-bond acceptors (Lipinski definition) is 5. The lowest BCUT2D eigenvalue weighted by atomic mass is 10.0. The van der Waals surface area contributed by atoms with Crippen LogP contribution in [0.2, 0.25) is 0 Å². The number of hydrogen-bond donors (Lipinski definition) is 2. The number of nitrogens with zero attached hydrogens (tertiary/aromatic N) is 1. The maximum absolute atomic E-state index is 12.3. The van der Waals surface area contributed by atoms with Gasteiger partial charge in [0.1, 0.15) is 11.5 Å². The molecule has 2 aromatic rings. The number of para-hydroxylation sites is 1. The fourth-order valence-corrected chi connectivity index (χ4v) is 2.59. The highest BCUT2D eigenvalue weighted by atomic mass is 16.5. The molecule has 7 nitrogen and oxygen atoms in total. The van der Waals surface area contributed by atoms with Crippen LogP contribution >= 0.6 is 0 Å². The molecule has 29 heavy (non-hydrogen) atoms. The zero-order valence-electron chi connectivity index (χ0n) is 17.2. The molecule has 7 heteroatoms. The van der Waals surface area contributed by atoms with Gasteiger partial charge in [0.2, 0.25) is 5.91 Å². The van der Waals surface area contributed by atoms with E-state index in [0.717, 1.165) is 11.3 Å². The topological polar surface area (TPSA) is 89.0 Å². The van der Waals surface area contributed by atoms with Crippen LogP contribution in [0.4, 0.5) is 5.69 Å². The van der Waals surface area contributed by atoms with E-state index in [1.165, 1.54) is 0 Å². The van der Waals surface area contributed by atoms with E-state index in [2.05, 4.69) is 29.7 Å². The Balaban J connectivity index is 1.80. The summed E-state index contributed by atoms with van der Waals surface area (Å²) >= 11 is 0. The van der Waals surface area contributed by atoms with Gasteiger partial charge in [0, 0.05) is 11.4 Å². The summed E-state index contributed by atoms with van der Waals surface area (Å²) in [4.78, 5) is 24.1. The van der Waals surface area contributed by atoms with Crippen LogP contribution in [0.25, 0.3) is 0 Å². The Morgan fingerprint density at radius 1 is 1.00 bits per heavy atom. The molecular weight excluding hydrogens is 370 g/mol. The molecule has 0 saturated carbocycles. The van der Waals surface area contributed by atoms with E-state index in [-0.39, 0.29) is 18.9 Å². The van der Waals surface area contributed by atoms with Gasteiger partial charge in [0.25, 0.3) is 5.91 Å². The van der Waals surface area contributed by atoms with E-state index in [4.69, 9.17) is 9.47 Å². The molecule has 0 aliphatic rings. The first-order chi connectivity index (χ1) is 13.9. The van der Waals surface area contributed by atoms with Crippen molar-refractivity contribution in [2.75, 3.05) is 19.0 Å². The summed E-state index contributed by atoms with van der Waals surface area (Å²) in [6.07, 6.45) is 0.0754. The molecule has 0 aliphatic heterocycles. The van der Waals surface area contributed by atoms with Gasteiger partial charge in [-0.25, -0.2) is 5.43 Å². The van der Waals surface area contributed by atoms with Gasteiger partial charge in [-0.05, 0) is 48.7 Å². The third-order valence-corrected chi connectivity index (χ3v) is 4.07. The van der Waals surface area contributed by atoms with E-state index >= 15 is 0 Å². The number of benzene rings is 2. The van der Waals surface area contributed by atoms with Crippen LogP contribution in [-0.4, -0.2) is 31.2 Å². The van der Waals surface area contributed by atoms with Crippen LogP contribution in [0.15, 0.2) is 53.6 Å². The number of carbonyl (C=O) groups excluding carboxylic acids is 2. The van der Waals surface area contributed by atoms with Crippen molar-refractivity contribution in [3.8, 4) is 11.5 Å². The van der Waals surface area contributed by atoms with Gasteiger partial charge < -0.3 is 14.8 Å². The molecule has 2 aromatic carbocycles. The van der Waals surface area contributed by atoms with Gasteiger partial charge in [0.15, 0.2) is 6.61 Å². The van der Waals surface area contributed by atoms with Crippen LogP contribution in [0.5, 0.6) is 11.5 Å². The Bertz CT molecular complexity index is 861. The van der Waals surface area contributed by atoms with Crippen molar-refractivity contribution in [2.45, 2.75) is 33.1 Å². The van der Waals surface area contributed by atoms with E-state index < -0.39 is 5.91 Å². The minimum absolute atomic E-state index is 0.0754. The normalized spacial score (nSPS) is 11.1. The van der Waals surface area contributed by atoms with Crippen molar-refractivity contribution >= 4 is 23.2 Å². The average molecular weight is 397 g/mol. The van der Waals surface area contributed by atoms with Gasteiger partial charge in [-0.15, -0.1) is 0 Å². The number of rotatable bonds is 9. The summed E-state index contributed by atoms with van der Waals surface area (Å²) < 4.78 is 10.4. The zero-order valence-corrected chi connectivity index (χ0v) is 17.2. The summed E-state index contributed by atoms with van der Waals surface area (Å²) in [6.45, 7) is 5.64. The van der Waals surface area contributed by atoms with Gasteiger partial charge in [0.05, 0.1) is 13.5 Å². The van der Waals surface area contributed by atoms with E-state index in [0.29, 0.717) is 23.1 Å². The largest absolute Gasteiger partial charge is 0.497 e. The highest BCUT2D eigenvalue weighted by Crippen LogP contribution is 2.23. The molecule has 0 spiro atoms. The lowest BCUT2D eigenvalue weighted by Crippen LogP contribution is -2.26. The van der Waals surface area contributed by atoms with Gasteiger partial charge in [-0.2, -0.15) is 5.10 Å². The van der Waals surface area contributed by atoms with Crippen molar-refractivity contribution in [1.82, 2.24) is 5.43 Å². The van der Waals surface area contributed by atoms with Crippen LogP contribution < -0.4 is 20.2 Å². The SMILES string of the molecule is COc1ccc(OCC(=O)N/N=C(\C)CC(=O)Nc2ccccc2C(C)C)cc1. The fraction of sp³-hybridized carbons (Fsp3) is 0.318. The second kappa shape index (κ2) is 10.8. The molecule has 0 fully saturated rings. The third-order valence-electron chi connectivity index (χ3n) is 4.07. The predicted octanol–water partition coefficient (Wildman–Crippen LogP) is 3.72. The second-order valence-electron chi connectivity index (χ2n) is 6.81. The first-order valence-corrected chi connectivity index (χ1v) is 9.36. The molecule has 0 unspecified atom stereocenters. The maximum atomic E-state index is 12.3. The fourth-order valence-electron chi connectivity index (χ4n) is 2.59. The lowest BCUT2D eigenvalue weighted by Gasteiger charge is -2.13. The van der Waals surface area contributed by atoms with Crippen LogP contribution in [0.1, 0.15) is 38.7 Å². The summed E-state index contributed by atoms with van der Waals surface area (Å²) in [6, 6.07) is 14.6. The highest BCUT2D eigenvalue weighted by molar-refractivity contribution is 6.06. The zero-order chi connectivity index (χ0) is 21.2. The summed E-state index contributed by atoms with van der Waals surface area (Å²) in [5.74, 6) is 0.946. The van der Waals surface area contributed by atoms with Crippen LogP contribution in [0, 0.1) is 0 Å². The van der Waals surface area contributed by atoms with Crippen molar-refractivity contribution in [1.29, 1.82) is 0 Å².